The van der Waals surface area contributed by atoms with Gasteiger partial charge >= 0.3 is 0 Å². The predicted molar refractivity (Wildman–Crippen MR) is 116 cm³/mol. The summed E-state index contributed by atoms with van der Waals surface area (Å²) >= 11 is 5.98. The molecule has 150 valence electrons. The first-order valence-electron chi connectivity index (χ1n) is 9.12. The molecular weight excluding hydrogens is 403 g/mol. The number of amides is 1. The minimum absolute atomic E-state index is 0.0689. The van der Waals surface area contributed by atoms with E-state index >= 15 is 0 Å². The minimum Gasteiger partial charge on any atom is -0.489 e. The molecule has 4 nitrogen and oxygen atoms in total. The van der Waals surface area contributed by atoms with Gasteiger partial charge in [0.1, 0.15) is 29.8 Å². The van der Waals surface area contributed by atoms with Crippen molar-refractivity contribution in [2.45, 2.75) is 13.5 Å². The van der Waals surface area contributed by atoms with Crippen molar-refractivity contribution in [1.29, 1.82) is 5.26 Å². The van der Waals surface area contributed by atoms with E-state index in [4.69, 9.17) is 16.3 Å². The summed E-state index contributed by atoms with van der Waals surface area (Å²) in [6.45, 7) is 1.90. The van der Waals surface area contributed by atoms with Gasteiger partial charge < -0.3 is 10.1 Å². The first kappa shape index (κ1) is 21.1. The molecule has 0 spiro atoms. The van der Waals surface area contributed by atoms with Gasteiger partial charge in [-0.2, -0.15) is 5.26 Å². The molecule has 0 fully saturated rings. The van der Waals surface area contributed by atoms with Crippen molar-refractivity contribution in [3.63, 3.8) is 0 Å². The Labute approximate surface area is 179 Å². The molecule has 0 bridgehead atoms. The number of rotatable bonds is 6. The number of nitrogens with one attached hydrogen (secondary N) is 1. The average Bonchev–Trinajstić information content (AvgIpc) is 2.74. The summed E-state index contributed by atoms with van der Waals surface area (Å²) in [5.41, 5.74) is 2.34. The zero-order valence-electron chi connectivity index (χ0n) is 16.2. The highest BCUT2D eigenvalue weighted by molar-refractivity contribution is 6.31. The topological polar surface area (TPSA) is 62.1 Å². The highest BCUT2D eigenvalue weighted by atomic mass is 35.5. The molecule has 1 N–H and O–H groups in total. The maximum Gasteiger partial charge on any atom is 0.266 e. The number of halogens is 2. The van der Waals surface area contributed by atoms with Crippen LogP contribution in [0, 0.1) is 24.1 Å². The van der Waals surface area contributed by atoms with Crippen molar-refractivity contribution in [1.82, 2.24) is 0 Å². The van der Waals surface area contributed by atoms with Crippen LogP contribution < -0.4 is 10.1 Å². The lowest BCUT2D eigenvalue weighted by Gasteiger charge is -2.09. The van der Waals surface area contributed by atoms with Crippen LogP contribution in [-0.4, -0.2) is 5.91 Å². The average molecular weight is 421 g/mol. The van der Waals surface area contributed by atoms with Crippen molar-refractivity contribution in [2.75, 3.05) is 5.32 Å². The molecule has 0 radical (unpaired) electrons. The van der Waals surface area contributed by atoms with Crippen molar-refractivity contribution < 1.29 is 13.9 Å². The monoisotopic (exact) mass is 420 g/mol. The first-order valence-corrected chi connectivity index (χ1v) is 9.49. The van der Waals surface area contributed by atoms with Crippen molar-refractivity contribution in [3.8, 4) is 11.8 Å². The van der Waals surface area contributed by atoms with E-state index < -0.39 is 5.91 Å². The van der Waals surface area contributed by atoms with Gasteiger partial charge in [0.05, 0.1) is 0 Å². The number of ether oxygens (including phenoxy) is 1. The summed E-state index contributed by atoms with van der Waals surface area (Å²) in [4.78, 5) is 12.5. The van der Waals surface area contributed by atoms with Crippen LogP contribution in [0.5, 0.6) is 5.75 Å². The number of carbonyl (C=O) groups is 1. The fourth-order valence-corrected chi connectivity index (χ4v) is 2.88. The number of hydrogen-bond acceptors (Lipinski definition) is 3. The highest BCUT2D eigenvalue weighted by Crippen LogP contribution is 2.22. The van der Waals surface area contributed by atoms with Gasteiger partial charge in [-0.05, 0) is 54.5 Å². The summed E-state index contributed by atoms with van der Waals surface area (Å²) in [7, 11) is 0. The van der Waals surface area contributed by atoms with Crippen LogP contribution in [0.3, 0.4) is 0 Å². The largest absolute Gasteiger partial charge is 0.489 e. The maximum absolute atomic E-state index is 13.7. The summed E-state index contributed by atoms with van der Waals surface area (Å²) < 4.78 is 19.4. The number of carbonyl (C=O) groups excluding carboxylic acids is 1. The van der Waals surface area contributed by atoms with E-state index in [0.717, 1.165) is 5.56 Å². The lowest BCUT2D eigenvalue weighted by Crippen LogP contribution is -2.14. The summed E-state index contributed by atoms with van der Waals surface area (Å²) in [6.07, 6.45) is 1.46. The van der Waals surface area contributed by atoms with Gasteiger partial charge in [-0.25, -0.2) is 4.39 Å². The molecule has 0 heterocycles. The Hall–Kier alpha value is -3.62. The van der Waals surface area contributed by atoms with Crippen molar-refractivity contribution >= 4 is 29.3 Å². The lowest BCUT2D eigenvalue weighted by molar-refractivity contribution is -0.112. The summed E-state index contributed by atoms with van der Waals surface area (Å²) in [6, 6.07) is 20.3. The van der Waals surface area contributed by atoms with Gasteiger partial charge in [0.25, 0.3) is 5.91 Å². The molecule has 3 rings (SSSR count). The minimum atomic E-state index is -0.541. The molecule has 0 saturated heterocycles. The molecule has 0 aliphatic rings. The predicted octanol–water partition coefficient (Wildman–Crippen LogP) is 5.91. The number of benzene rings is 3. The zero-order valence-corrected chi connectivity index (χ0v) is 16.9. The van der Waals surface area contributed by atoms with Crippen LogP contribution in [0.4, 0.5) is 10.1 Å². The van der Waals surface area contributed by atoms with E-state index in [1.54, 1.807) is 60.7 Å². The second kappa shape index (κ2) is 9.73. The quantitative estimate of drug-likeness (QED) is 0.398. The molecule has 0 saturated carbocycles. The second-order valence-electron chi connectivity index (χ2n) is 6.54. The third-order valence-corrected chi connectivity index (χ3v) is 4.57. The van der Waals surface area contributed by atoms with E-state index in [2.05, 4.69) is 5.32 Å². The Kier molecular flexibility index (Phi) is 6.84. The van der Waals surface area contributed by atoms with E-state index in [1.807, 2.05) is 13.0 Å². The molecule has 1 amide bonds. The summed E-state index contributed by atoms with van der Waals surface area (Å²) in [5, 5.41) is 12.6. The smallest absolute Gasteiger partial charge is 0.266 e. The molecule has 0 atom stereocenters. The number of anilines is 1. The third kappa shape index (κ3) is 5.47. The zero-order chi connectivity index (χ0) is 21.5. The number of hydrogen-bond donors (Lipinski definition) is 1. The molecule has 0 aliphatic carbocycles. The molecule has 30 heavy (non-hydrogen) atoms. The Balaban J connectivity index is 1.75. The van der Waals surface area contributed by atoms with Crippen LogP contribution in [0.15, 0.2) is 72.3 Å². The molecule has 0 unspecified atom stereocenters. The van der Waals surface area contributed by atoms with Gasteiger partial charge in [0.2, 0.25) is 0 Å². The normalized spacial score (nSPS) is 10.9. The Morgan fingerprint density at radius 2 is 1.97 bits per heavy atom. The number of nitrogens with zero attached hydrogens (tertiary/aromatic N) is 1. The van der Waals surface area contributed by atoms with Crippen LogP contribution in [-0.2, 0) is 11.4 Å². The maximum atomic E-state index is 13.7. The standard InChI is InChI=1S/C24H18ClFN2O2/c1-16-9-10-20(25)13-23(16)28-24(29)19(14-27)11-17-5-4-7-21(12-17)30-15-18-6-2-3-8-22(18)26/h2-13H,15H2,1H3,(H,28,29)/b19-11-. The van der Waals surface area contributed by atoms with Gasteiger partial charge in [-0.1, -0.05) is 48.0 Å². The lowest BCUT2D eigenvalue weighted by atomic mass is 10.1. The second-order valence-corrected chi connectivity index (χ2v) is 6.97. The third-order valence-electron chi connectivity index (χ3n) is 4.33. The van der Waals surface area contributed by atoms with Gasteiger partial charge in [-0.15, -0.1) is 0 Å². The van der Waals surface area contributed by atoms with E-state index in [1.165, 1.54) is 12.1 Å². The van der Waals surface area contributed by atoms with Gasteiger partial charge in [-0.3, -0.25) is 4.79 Å². The Morgan fingerprint density at radius 1 is 1.17 bits per heavy atom. The molecule has 3 aromatic carbocycles. The number of aryl methyl sites for hydroxylation is 1. The fraction of sp³-hybridized carbons (Fsp3) is 0.0833. The van der Waals surface area contributed by atoms with Crippen LogP contribution in [0.1, 0.15) is 16.7 Å². The Bertz CT molecular complexity index is 1150. The van der Waals surface area contributed by atoms with Crippen molar-refractivity contribution in [2.24, 2.45) is 0 Å². The highest BCUT2D eigenvalue weighted by Gasteiger charge is 2.12. The van der Waals surface area contributed by atoms with Gasteiger partial charge in [0, 0.05) is 16.3 Å². The molecule has 0 aliphatic heterocycles. The molecule has 6 heteroatoms. The molecular formula is C24H18ClFN2O2. The first-order chi connectivity index (χ1) is 14.5. The van der Waals surface area contributed by atoms with Crippen LogP contribution in [0.2, 0.25) is 5.02 Å². The van der Waals surface area contributed by atoms with E-state index in [-0.39, 0.29) is 18.0 Å². The molecule has 0 aromatic heterocycles. The number of nitriles is 1. The Morgan fingerprint density at radius 3 is 2.73 bits per heavy atom. The molecule has 3 aromatic rings. The summed E-state index contributed by atoms with van der Waals surface area (Å²) in [5.74, 6) is -0.385. The van der Waals surface area contributed by atoms with Crippen LogP contribution >= 0.6 is 11.6 Å². The van der Waals surface area contributed by atoms with E-state index in [9.17, 15) is 14.4 Å². The van der Waals surface area contributed by atoms with Gasteiger partial charge in [0.15, 0.2) is 0 Å². The van der Waals surface area contributed by atoms with E-state index in [0.29, 0.717) is 27.6 Å². The fourth-order valence-electron chi connectivity index (χ4n) is 2.70. The van der Waals surface area contributed by atoms with Crippen molar-refractivity contribution in [3.05, 3.63) is 99.8 Å². The van der Waals surface area contributed by atoms with Crippen LogP contribution in [0.25, 0.3) is 6.08 Å². The SMILES string of the molecule is Cc1ccc(Cl)cc1NC(=O)/C(C#N)=C\c1cccc(OCc2ccccc2F)c1.